The molecule has 0 amide bonds. The van der Waals surface area contributed by atoms with Crippen molar-refractivity contribution < 1.29 is 9.52 Å². The van der Waals surface area contributed by atoms with Crippen LogP contribution in [0.25, 0.3) is 16.5 Å². The lowest BCUT2D eigenvalue weighted by molar-refractivity contribution is 0.149. The Morgan fingerprint density at radius 3 is 2.79 bits per heavy atom. The molecular formula is C21H21BrN4O2S. The average molecular weight is 473 g/mol. The summed E-state index contributed by atoms with van der Waals surface area (Å²) in [5.74, 6) is 1.86. The summed E-state index contributed by atoms with van der Waals surface area (Å²) in [6, 6.07) is 12.0. The van der Waals surface area contributed by atoms with Crippen molar-refractivity contribution in [3.63, 3.8) is 0 Å². The molecule has 1 fully saturated rings. The second kappa shape index (κ2) is 7.59. The Morgan fingerprint density at radius 1 is 1.28 bits per heavy atom. The minimum atomic E-state index is -0.0218. The molecule has 0 spiro atoms. The van der Waals surface area contributed by atoms with Crippen LogP contribution in [0.4, 0.5) is 0 Å². The second-order valence-electron chi connectivity index (χ2n) is 7.59. The molecule has 1 N–H and O–H groups in total. The van der Waals surface area contributed by atoms with Gasteiger partial charge in [-0.15, -0.1) is 5.10 Å². The van der Waals surface area contributed by atoms with Gasteiger partial charge in [0.15, 0.2) is 5.76 Å². The van der Waals surface area contributed by atoms with E-state index in [1.807, 2.05) is 6.07 Å². The molecule has 8 heteroatoms. The number of thiazole rings is 1. The number of aromatic nitrogens is 3. The largest absolute Gasteiger partial charge is 0.492 e. The van der Waals surface area contributed by atoms with Gasteiger partial charge in [0.2, 0.25) is 16.7 Å². The number of aromatic hydroxyl groups is 1. The molecule has 1 saturated heterocycles. The SMILES string of the molecule is C[C@@H]1CCCN([C@H](c2ccc(Br)cc2)c2sc3nc(-c4ccco4)nn3c2O)C1. The summed E-state index contributed by atoms with van der Waals surface area (Å²) in [6.45, 7) is 4.31. The van der Waals surface area contributed by atoms with Crippen LogP contribution in [0.5, 0.6) is 5.88 Å². The van der Waals surface area contributed by atoms with Gasteiger partial charge >= 0.3 is 0 Å². The first-order valence-electron chi connectivity index (χ1n) is 9.72. The highest BCUT2D eigenvalue weighted by molar-refractivity contribution is 9.10. The van der Waals surface area contributed by atoms with Crippen LogP contribution in [0, 0.1) is 5.92 Å². The van der Waals surface area contributed by atoms with E-state index in [0.29, 0.717) is 22.5 Å². The molecule has 0 bridgehead atoms. The summed E-state index contributed by atoms with van der Waals surface area (Å²) >= 11 is 5.01. The molecular weight excluding hydrogens is 452 g/mol. The summed E-state index contributed by atoms with van der Waals surface area (Å²) in [4.78, 5) is 8.59. The molecule has 0 radical (unpaired) electrons. The maximum Gasteiger partial charge on any atom is 0.230 e. The Labute approximate surface area is 180 Å². The maximum absolute atomic E-state index is 11.1. The quantitative estimate of drug-likeness (QED) is 0.434. The topological polar surface area (TPSA) is 66.8 Å². The molecule has 29 heavy (non-hydrogen) atoms. The van der Waals surface area contributed by atoms with Crippen molar-refractivity contribution in [3.05, 3.63) is 57.6 Å². The molecule has 3 aromatic heterocycles. The van der Waals surface area contributed by atoms with Crippen molar-refractivity contribution in [2.24, 2.45) is 5.92 Å². The fourth-order valence-corrected chi connectivity index (χ4v) is 5.45. The number of likely N-dealkylation sites (tertiary alicyclic amines) is 1. The standard InChI is InChI=1S/C21H21BrN4O2S/c1-13-4-2-10-25(12-13)17(14-6-8-15(22)9-7-14)18-20(27)26-21(29-18)23-19(24-26)16-5-3-11-28-16/h3,5-9,11,13,17,27H,2,4,10,12H2,1H3/t13-,17-/m1/s1. The van der Waals surface area contributed by atoms with Crippen molar-refractivity contribution >= 4 is 32.2 Å². The highest BCUT2D eigenvalue weighted by Crippen LogP contribution is 2.42. The monoisotopic (exact) mass is 472 g/mol. The van der Waals surface area contributed by atoms with Gasteiger partial charge in [0.05, 0.1) is 17.2 Å². The molecule has 0 aliphatic carbocycles. The second-order valence-corrected chi connectivity index (χ2v) is 9.52. The summed E-state index contributed by atoms with van der Waals surface area (Å²) in [7, 11) is 0. The van der Waals surface area contributed by atoms with Gasteiger partial charge in [-0.1, -0.05) is 46.3 Å². The number of hydrogen-bond acceptors (Lipinski definition) is 6. The molecule has 1 aromatic carbocycles. The molecule has 6 nitrogen and oxygen atoms in total. The normalized spacial score (nSPS) is 19.0. The van der Waals surface area contributed by atoms with E-state index in [2.05, 4.69) is 62.1 Å². The van der Waals surface area contributed by atoms with Crippen molar-refractivity contribution in [2.45, 2.75) is 25.8 Å². The van der Waals surface area contributed by atoms with Gasteiger partial charge in [-0.2, -0.15) is 9.50 Å². The average Bonchev–Trinajstić information content (AvgIpc) is 3.43. The molecule has 0 saturated carbocycles. The van der Waals surface area contributed by atoms with Gasteiger partial charge in [-0.25, -0.2) is 0 Å². The minimum Gasteiger partial charge on any atom is -0.492 e. The van der Waals surface area contributed by atoms with Gasteiger partial charge in [-0.3, -0.25) is 4.90 Å². The van der Waals surface area contributed by atoms with E-state index in [0.717, 1.165) is 28.0 Å². The first-order chi connectivity index (χ1) is 14.1. The van der Waals surface area contributed by atoms with Gasteiger partial charge < -0.3 is 9.52 Å². The molecule has 5 rings (SSSR count). The first kappa shape index (κ1) is 18.8. The van der Waals surface area contributed by atoms with Crippen LogP contribution < -0.4 is 0 Å². The highest BCUT2D eigenvalue weighted by atomic mass is 79.9. The summed E-state index contributed by atoms with van der Waals surface area (Å²) < 4.78 is 7.96. The van der Waals surface area contributed by atoms with Gasteiger partial charge in [0.25, 0.3) is 0 Å². The molecule has 4 heterocycles. The van der Waals surface area contributed by atoms with E-state index in [-0.39, 0.29) is 11.9 Å². The maximum atomic E-state index is 11.1. The van der Waals surface area contributed by atoms with Crippen molar-refractivity contribution in [1.82, 2.24) is 19.5 Å². The third-order valence-electron chi connectivity index (χ3n) is 5.43. The summed E-state index contributed by atoms with van der Waals surface area (Å²) in [5.41, 5.74) is 1.16. The zero-order valence-corrected chi connectivity index (χ0v) is 18.4. The van der Waals surface area contributed by atoms with Crippen LogP contribution in [0.15, 0.2) is 51.6 Å². The Hall–Kier alpha value is -2.16. The zero-order chi connectivity index (χ0) is 20.0. The highest BCUT2D eigenvalue weighted by Gasteiger charge is 2.32. The van der Waals surface area contributed by atoms with Gasteiger partial charge in [0, 0.05) is 11.0 Å². The predicted octanol–water partition coefficient (Wildman–Crippen LogP) is 5.34. The van der Waals surface area contributed by atoms with Gasteiger partial charge in [0.1, 0.15) is 0 Å². The Balaban J connectivity index is 1.59. The number of nitrogens with zero attached hydrogens (tertiary/aromatic N) is 4. The van der Waals surface area contributed by atoms with E-state index in [4.69, 9.17) is 4.42 Å². The Kier molecular flexibility index (Phi) is 4.93. The molecule has 2 atom stereocenters. The molecule has 150 valence electrons. The van der Waals surface area contributed by atoms with Crippen LogP contribution in [0.3, 0.4) is 0 Å². The molecule has 4 aromatic rings. The number of rotatable bonds is 4. The molecule has 1 aliphatic heterocycles. The Bertz CT molecular complexity index is 1120. The number of halogens is 1. The smallest absolute Gasteiger partial charge is 0.230 e. The third-order valence-corrected chi connectivity index (χ3v) is 7.03. The summed E-state index contributed by atoms with van der Waals surface area (Å²) in [5, 5.41) is 15.6. The lowest BCUT2D eigenvalue weighted by atomic mass is 9.95. The third kappa shape index (κ3) is 3.49. The lowest BCUT2D eigenvalue weighted by Crippen LogP contribution is -2.37. The number of fused-ring (bicyclic) bond motifs is 1. The van der Waals surface area contributed by atoms with Crippen LogP contribution >= 0.6 is 27.3 Å². The van der Waals surface area contributed by atoms with Crippen molar-refractivity contribution in [2.75, 3.05) is 13.1 Å². The van der Waals surface area contributed by atoms with Crippen LogP contribution in [0.2, 0.25) is 0 Å². The fourth-order valence-electron chi connectivity index (χ4n) is 4.07. The van der Waals surface area contributed by atoms with E-state index >= 15 is 0 Å². The predicted molar refractivity (Wildman–Crippen MR) is 116 cm³/mol. The number of furan rings is 1. The Morgan fingerprint density at radius 2 is 2.10 bits per heavy atom. The van der Waals surface area contributed by atoms with Crippen LogP contribution in [0.1, 0.15) is 36.2 Å². The summed E-state index contributed by atoms with van der Waals surface area (Å²) in [6.07, 6.45) is 4.01. The van der Waals surface area contributed by atoms with Crippen LogP contribution in [-0.4, -0.2) is 37.7 Å². The van der Waals surface area contributed by atoms with Crippen molar-refractivity contribution in [3.8, 4) is 17.5 Å². The van der Waals surface area contributed by atoms with E-state index in [1.54, 1.807) is 12.3 Å². The van der Waals surface area contributed by atoms with E-state index in [9.17, 15) is 5.11 Å². The lowest BCUT2D eigenvalue weighted by Gasteiger charge is -2.37. The fraction of sp³-hybridized carbons (Fsp3) is 0.333. The van der Waals surface area contributed by atoms with E-state index < -0.39 is 0 Å². The zero-order valence-electron chi connectivity index (χ0n) is 16.0. The number of benzene rings is 1. The minimum absolute atomic E-state index is 0.0218. The van der Waals surface area contributed by atoms with Gasteiger partial charge in [-0.05, 0) is 55.1 Å². The van der Waals surface area contributed by atoms with E-state index in [1.165, 1.54) is 28.7 Å². The molecule has 0 unspecified atom stereocenters. The number of piperidine rings is 1. The number of hydrogen-bond donors (Lipinski definition) is 1. The van der Waals surface area contributed by atoms with Crippen LogP contribution in [-0.2, 0) is 0 Å². The van der Waals surface area contributed by atoms with Crippen molar-refractivity contribution in [1.29, 1.82) is 0 Å². The first-order valence-corrected chi connectivity index (χ1v) is 11.3. The molecule has 1 aliphatic rings.